The lowest BCUT2D eigenvalue weighted by atomic mass is 9.74. The third kappa shape index (κ3) is 5.61. The van der Waals surface area contributed by atoms with Gasteiger partial charge in [0.1, 0.15) is 0 Å². The van der Waals surface area contributed by atoms with Crippen molar-refractivity contribution in [3.05, 3.63) is 0 Å². The Balaban J connectivity index is 3.72. The fourth-order valence-electron chi connectivity index (χ4n) is 1.82. The molecule has 0 aromatic carbocycles. The second kappa shape index (κ2) is 6.75. The summed E-state index contributed by atoms with van der Waals surface area (Å²) in [4.78, 5) is 0. The number of thioether (sulfide) groups is 1. The molecule has 0 aliphatic carbocycles. The Morgan fingerprint density at radius 2 is 1.92 bits per heavy atom. The maximum absolute atomic E-state index is 2.42. The maximum Gasteiger partial charge on any atom is -0.00702 e. The van der Waals surface area contributed by atoms with Crippen LogP contribution in [0.25, 0.3) is 0 Å². The van der Waals surface area contributed by atoms with Crippen LogP contribution in [-0.4, -0.2) is 12.0 Å². The van der Waals surface area contributed by atoms with Crippen LogP contribution in [-0.2, 0) is 0 Å². The van der Waals surface area contributed by atoms with Gasteiger partial charge in [-0.1, -0.05) is 34.1 Å². The Kier molecular flexibility index (Phi) is 6.93. The zero-order valence-corrected chi connectivity index (χ0v) is 10.8. The Morgan fingerprint density at radius 1 is 1.31 bits per heavy atom. The summed E-state index contributed by atoms with van der Waals surface area (Å²) < 4.78 is 0. The van der Waals surface area contributed by atoms with E-state index in [1.165, 1.54) is 31.4 Å². The van der Waals surface area contributed by atoms with Gasteiger partial charge < -0.3 is 0 Å². The van der Waals surface area contributed by atoms with Gasteiger partial charge >= 0.3 is 0 Å². The van der Waals surface area contributed by atoms with Crippen LogP contribution < -0.4 is 0 Å². The van der Waals surface area contributed by atoms with E-state index in [4.69, 9.17) is 0 Å². The average molecular weight is 202 g/mol. The van der Waals surface area contributed by atoms with Gasteiger partial charge in [0.25, 0.3) is 0 Å². The molecule has 0 aromatic rings. The summed E-state index contributed by atoms with van der Waals surface area (Å²) in [7, 11) is 0. The van der Waals surface area contributed by atoms with Gasteiger partial charge in [-0.25, -0.2) is 0 Å². The van der Waals surface area contributed by atoms with Crippen LogP contribution in [0.3, 0.4) is 0 Å². The summed E-state index contributed by atoms with van der Waals surface area (Å²) in [5, 5.41) is 0. The highest BCUT2D eigenvalue weighted by atomic mass is 32.2. The quantitative estimate of drug-likeness (QED) is 0.544. The van der Waals surface area contributed by atoms with Gasteiger partial charge in [0.2, 0.25) is 0 Å². The predicted molar refractivity (Wildman–Crippen MR) is 65.5 cm³/mol. The highest BCUT2D eigenvalue weighted by molar-refractivity contribution is 7.98. The first-order valence-corrected chi connectivity index (χ1v) is 6.93. The molecule has 0 bridgehead atoms. The van der Waals surface area contributed by atoms with Crippen LogP contribution in [0, 0.1) is 11.3 Å². The molecule has 0 spiro atoms. The van der Waals surface area contributed by atoms with Gasteiger partial charge in [-0.15, -0.1) is 0 Å². The highest BCUT2D eigenvalue weighted by Crippen LogP contribution is 2.34. The van der Waals surface area contributed by atoms with Crippen LogP contribution in [0.1, 0.15) is 53.4 Å². The average Bonchev–Trinajstić information content (AvgIpc) is 2.04. The molecule has 0 aromatic heterocycles. The van der Waals surface area contributed by atoms with Crippen molar-refractivity contribution in [1.29, 1.82) is 0 Å². The Hall–Kier alpha value is 0.350. The summed E-state index contributed by atoms with van der Waals surface area (Å²) in [5.74, 6) is 2.20. The number of rotatable bonds is 7. The molecule has 0 heterocycles. The van der Waals surface area contributed by atoms with Crippen LogP contribution in [0.4, 0.5) is 0 Å². The molecule has 0 saturated heterocycles. The van der Waals surface area contributed by atoms with Crippen molar-refractivity contribution in [2.24, 2.45) is 11.3 Å². The van der Waals surface area contributed by atoms with E-state index in [1.807, 2.05) is 11.8 Å². The van der Waals surface area contributed by atoms with E-state index in [0.717, 1.165) is 5.92 Å². The van der Waals surface area contributed by atoms with E-state index < -0.39 is 0 Å². The predicted octanol–water partition coefficient (Wildman–Crippen LogP) is 4.59. The van der Waals surface area contributed by atoms with E-state index in [1.54, 1.807) is 0 Å². The molecule has 0 fully saturated rings. The van der Waals surface area contributed by atoms with E-state index in [0.29, 0.717) is 5.41 Å². The van der Waals surface area contributed by atoms with Crippen molar-refractivity contribution in [3.8, 4) is 0 Å². The molecule has 0 radical (unpaired) electrons. The van der Waals surface area contributed by atoms with E-state index in [2.05, 4.69) is 34.0 Å². The first-order valence-electron chi connectivity index (χ1n) is 5.53. The van der Waals surface area contributed by atoms with Crippen LogP contribution in [0.5, 0.6) is 0 Å². The molecule has 80 valence electrons. The lowest BCUT2D eigenvalue weighted by Crippen LogP contribution is -2.21. The van der Waals surface area contributed by atoms with Crippen molar-refractivity contribution >= 4 is 11.8 Å². The third-order valence-electron chi connectivity index (χ3n) is 3.21. The lowest BCUT2D eigenvalue weighted by Gasteiger charge is -2.31. The minimum Gasteiger partial charge on any atom is -0.165 e. The SMILES string of the molecule is CCCC(C)(C)C(C)CCCSC. The Bertz CT molecular complexity index is 118. The molecule has 1 heteroatoms. The molecule has 0 rings (SSSR count). The topological polar surface area (TPSA) is 0 Å². The van der Waals surface area contributed by atoms with Crippen LogP contribution >= 0.6 is 11.8 Å². The smallest absolute Gasteiger partial charge is 0.00702 e. The minimum atomic E-state index is 0.549. The number of hydrogen-bond donors (Lipinski definition) is 0. The monoisotopic (exact) mass is 202 g/mol. The molecule has 1 atom stereocenters. The van der Waals surface area contributed by atoms with Crippen molar-refractivity contribution in [2.45, 2.75) is 53.4 Å². The van der Waals surface area contributed by atoms with Gasteiger partial charge in [0.15, 0.2) is 0 Å². The second-order valence-corrected chi connectivity index (χ2v) is 5.76. The van der Waals surface area contributed by atoms with Crippen LogP contribution in [0.15, 0.2) is 0 Å². The van der Waals surface area contributed by atoms with Gasteiger partial charge in [-0.3, -0.25) is 0 Å². The zero-order chi connectivity index (χ0) is 10.3. The van der Waals surface area contributed by atoms with Crippen LogP contribution in [0.2, 0.25) is 0 Å². The van der Waals surface area contributed by atoms with E-state index in [9.17, 15) is 0 Å². The number of hydrogen-bond acceptors (Lipinski definition) is 1. The van der Waals surface area contributed by atoms with Crippen molar-refractivity contribution in [3.63, 3.8) is 0 Å². The third-order valence-corrected chi connectivity index (χ3v) is 3.91. The lowest BCUT2D eigenvalue weighted by molar-refractivity contribution is 0.198. The molecule has 0 aliphatic rings. The fourth-order valence-corrected chi connectivity index (χ4v) is 2.27. The summed E-state index contributed by atoms with van der Waals surface area (Å²) in [6.07, 6.45) is 7.67. The fraction of sp³-hybridized carbons (Fsp3) is 1.00. The molecular weight excluding hydrogens is 176 g/mol. The first kappa shape index (κ1) is 13.4. The maximum atomic E-state index is 2.42. The normalized spacial score (nSPS) is 14.5. The van der Waals surface area contributed by atoms with Gasteiger partial charge in [0, 0.05) is 0 Å². The molecule has 0 aliphatic heterocycles. The molecule has 0 N–H and O–H groups in total. The molecule has 0 amide bonds. The Morgan fingerprint density at radius 3 is 2.38 bits per heavy atom. The van der Waals surface area contributed by atoms with Crippen molar-refractivity contribution < 1.29 is 0 Å². The summed E-state index contributed by atoms with van der Waals surface area (Å²) in [6, 6.07) is 0. The standard InChI is InChI=1S/C12H26S/c1-6-9-12(3,4)11(2)8-7-10-13-5/h11H,6-10H2,1-5H3. The summed E-state index contributed by atoms with van der Waals surface area (Å²) in [5.41, 5.74) is 0.549. The van der Waals surface area contributed by atoms with Gasteiger partial charge in [0.05, 0.1) is 0 Å². The van der Waals surface area contributed by atoms with E-state index in [-0.39, 0.29) is 0 Å². The van der Waals surface area contributed by atoms with Crippen molar-refractivity contribution in [1.82, 2.24) is 0 Å². The Labute approximate surface area is 88.9 Å². The minimum absolute atomic E-state index is 0.549. The van der Waals surface area contributed by atoms with Crippen molar-refractivity contribution in [2.75, 3.05) is 12.0 Å². The molecular formula is C12H26S. The molecule has 0 nitrogen and oxygen atoms in total. The highest BCUT2D eigenvalue weighted by Gasteiger charge is 2.23. The molecule has 13 heavy (non-hydrogen) atoms. The largest absolute Gasteiger partial charge is 0.165 e. The van der Waals surface area contributed by atoms with Gasteiger partial charge in [-0.2, -0.15) is 11.8 Å². The molecule has 1 unspecified atom stereocenters. The molecule has 0 saturated carbocycles. The first-order chi connectivity index (χ1) is 6.04. The van der Waals surface area contributed by atoms with E-state index >= 15 is 0 Å². The van der Waals surface area contributed by atoms with Gasteiger partial charge in [-0.05, 0) is 42.6 Å². The second-order valence-electron chi connectivity index (χ2n) is 4.77. The summed E-state index contributed by atoms with van der Waals surface area (Å²) >= 11 is 1.97. The summed E-state index contributed by atoms with van der Waals surface area (Å²) in [6.45, 7) is 9.53. The zero-order valence-electron chi connectivity index (χ0n) is 10.0.